The summed E-state index contributed by atoms with van der Waals surface area (Å²) >= 11 is 0. The molecule has 0 N–H and O–H groups in total. The third-order valence-electron chi connectivity index (χ3n) is 8.55. The molecule has 0 bridgehead atoms. The van der Waals surface area contributed by atoms with E-state index >= 15 is 0 Å². The first-order chi connectivity index (χ1) is 27.2. The summed E-state index contributed by atoms with van der Waals surface area (Å²) in [6.45, 7) is 11.3. The van der Waals surface area contributed by atoms with Crippen molar-refractivity contribution in [3.05, 3.63) is 65.2 Å². The number of unbranched alkanes of at least 4 members (excludes halogenated alkanes) is 5. The van der Waals surface area contributed by atoms with E-state index in [9.17, 15) is 9.59 Å². The lowest BCUT2D eigenvalue weighted by atomic mass is 10.0. The van der Waals surface area contributed by atoms with Crippen LogP contribution < -0.4 is 4.74 Å². The molecule has 0 aliphatic carbocycles. The molecule has 1 aliphatic rings. The minimum absolute atomic E-state index is 0.215. The van der Waals surface area contributed by atoms with Crippen molar-refractivity contribution < 1.29 is 57.0 Å². The first-order valence-corrected chi connectivity index (χ1v) is 20.1. The number of hydrogen-bond donors (Lipinski definition) is 0. The van der Waals surface area contributed by atoms with Gasteiger partial charge in [-0.25, -0.2) is 0 Å². The van der Waals surface area contributed by atoms with Gasteiger partial charge in [0.1, 0.15) is 12.4 Å². The van der Waals surface area contributed by atoms with Crippen molar-refractivity contribution in [3.63, 3.8) is 0 Å². The molecule has 2 aromatic rings. The summed E-state index contributed by atoms with van der Waals surface area (Å²) in [6.07, 6.45) is 9.05. The van der Waals surface area contributed by atoms with Crippen molar-refractivity contribution in [2.45, 2.75) is 51.9 Å². The van der Waals surface area contributed by atoms with Crippen LogP contribution in [0.4, 0.5) is 0 Å². The minimum atomic E-state index is -0.276. The molecule has 0 saturated carbocycles. The zero-order valence-corrected chi connectivity index (χ0v) is 33.1. The van der Waals surface area contributed by atoms with E-state index in [-0.39, 0.29) is 25.0 Å². The number of carbonyl (C=O) groups excluding carboxylic acids is 2. The highest BCUT2D eigenvalue weighted by molar-refractivity contribution is 6.21. The number of benzene rings is 2. The number of aryl methyl sites for hydroxylation is 1. The van der Waals surface area contributed by atoms with E-state index in [0.29, 0.717) is 130 Å². The molecule has 13 nitrogen and oxygen atoms in total. The van der Waals surface area contributed by atoms with Gasteiger partial charge in [-0.3, -0.25) is 14.5 Å². The Labute approximate surface area is 328 Å². The van der Waals surface area contributed by atoms with Gasteiger partial charge < -0.3 is 47.4 Å². The molecule has 2 aromatic carbocycles. The Balaban J connectivity index is 0.935. The first kappa shape index (κ1) is 46.4. The molecule has 2 amide bonds. The van der Waals surface area contributed by atoms with Crippen molar-refractivity contribution in [3.8, 4) is 5.75 Å². The zero-order valence-electron chi connectivity index (χ0n) is 33.1. The van der Waals surface area contributed by atoms with Gasteiger partial charge >= 0.3 is 0 Å². The molecule has 55 heavy (non-hydrogen) atoms. The smallest absolute Gasteiger partial charge is 0.261 e. The number of hydrogen-bond acceptors (Lipinski definition) is 12. The van der Waals surface area contributed by atoms with Crippen LogP contribution in [0.1, 0.15) is 71.7 Å². The fourth-order valence-electron chi connectivity index (χ4n) is 5.54. The van der Waals surface area contributed by atoms with Gasteiger partial charge in [-0.1, -0.05) is 63.3 Å². The number of nitrogens with zero attached hydrogens (tertiary/aromatic N) is 1. The number of amides is 2. The molecular weight excluding hydrogens is 710 g/mol. The number of ether oxygens (including phenoxy) is 10. The van der Waals surface area contributed by atoms with Crippen LogP contribution in [0, 0.1) is 0 Å². The summed E-state index contributed by atoms with van der Waals surface area (Å²) in [5, 5.41) is 0. The van der Waals surface area contributed by atoms with Crippen molar-refractivity contribution in [2.75, 3.05) is 132 Å². The lowest BCUT2D eigenvalue weighted by molar-refractivity contribution is -0.0255. The Morgan fingerprint density at radius 3 is 1.20 bits per heavy atom. The monoisotopic (exact) mass is 775 g/mol. The second kappa shape index (κ2) is 32.1. The van der Waals surface area contributed by atoms with Gasteiger partial charge in [0, 0.05) is 0 Å². The largest absolute Gasteiger partial charge is 0.491 e. The third kappa shape index (κ3) is 21.8. The van der Waals surface area contributed by atoms with Crippen molar-refractivity contribution in [2.24, 2.45) is 0 Å². The maximum atomic E-state index is 12.3. The maximum absolute atomic E-state index is 12.3. The number of imide groups is 1. The van der Waals surface area contributed by atoms with Crippen LogP contribution in [-0.4, -0.2) is 149 Å². The second-order valence-electron chi connectivity index (χ2n) is 12.8. The Bertz CT molecular complexity index is 1210. The van der Waals surface area contributed by atoms with Crippen LogP contribution in [0.25, 0.3) is 0 Å². The number of carbonyl (C=O) groups is 2. The predicted octanol–water partition coefficient (Wildman–Crippen LogP) is 5.41. The van der Waals surface area contributed by atoms with Crippen LogP contribution in [0.5, 0.6) is 5.75 Å². The average molecular weight is 776 g/mol. The number of rotatable bonds is 38. The summed E-state index contributed by atoms with van der Waals surface area (Å²) in [5.74, 6) is 0.326. The van der Waals surface area contributed by atoms with Gasteiger partial charge in [0.2, 0.25) is 0 Å². The van der Waals surface area contributed by atoms with Gasteiger partial charge in [0.25, 0.3) is 11.8 Å². The SMILES string of the molecule is CCCCCCCCc1ccc(OCCOCCOCCOCCOCCOCCOCCOCCOCCOCCN2C(=O)c3ccccc3C2=O)cc1. The van der Waals surface area contributed by atoms with Crippen LogP contribution in [0.15, 0.2) is 48.5 Å². The molecular formula is C42H65NO12. The summed E-state index contributed by atoms with van der Waals surface area (Å²) < 4.78 is 55.4. The Kier molecular flexibility index (Phi) is 27.1. The third-order valence-corrected chi connectivity index (χ3v) is 8.55. The molecule has 0 unspecified atom stereocenters. The van der Waals surface area contributed by atoms with Gasteiger partial charge in [-0.2, -0.15) is 0 Å². The molecule has 0 atom stereocenters. The molecule has 0 spiro atoms. The maximum Gasteiger partial charge on any atom is 0.261 e. The summed E-state index contributed by atoms with van der Waals surface area (Å²) in [5.41, 5.74) is 2.26. The van der Waals surface area contributed by atoms with E-state index in [2.05, 4.69) is 19.1 Å². The minimum Gasteiger partial charge on any atom is -0.491 e. The Morgan fingerprint density at radius 2 is 0.782 bits per heavy atom. The molecule has 310 valence electrons. The molecule has 0 saturated heterocycles. The first-order valence-electron chi connectivity index (χ1n) is 20.1. The molecule has 1 aliphatic heterocycles. The van der Waals surface area contributed by atoms with Gasteiger partial charge in [-0.15, -0.1) is 0 Å². The highest BCUT2D eigenvalue weighted by atomic mass is 16.6. The van der Waals surface area contributed by atoms with Gasteiger partial charge in [0.05, 0.1) is 137 Å². The van der Waals surface area contributed by atoms with E-state index in [1.54, 1.807) is 24.3 Å². The molecule has 0 aromatic heterocycles. The zero-order chi connectivity index (χ0) is 38.9. The quantitative estimate of drug-likeness (QED) is 0.0639. The highest BCUT2D eigenvalue weighted by Crippen LogP contribution is 2.22. The van der Waals surface area contributed by atoms with Gasteiger partial charge in [0.15, 0.2) is 0 Å². The fourth-order valence-corrected chi connectivity index (χ4v) is 5.54. The number of fused-ring (bicyclic) bond motifs is 1. The molecule has 13 heteroatoms. The summed E-state index contributed by atoms with van der Waals surface area (Å²) in [7, 11) is 0. The van der Waals surface area contributed by atoms with Crippen molar-refractivity contribution >= 4 is 11.8 Å². The normalized spacial score (nSPS) is 12.6. The summed E-state index contributed by atoms with van der Waals surface area (Å²) in [6, 6.07) is 15.2. The van der Waals surface area contributed by atoms with Crippen LogP contribution in [0.3, 0.4) is 0 Å². The van der Waals surface area contributed by atoms with Crippen LogP contribution in [-0.2, 0) is 49.1 Å². The van der Waals surface area contributed by atoms with Crippen LogP contribution >= 0.6 is 0 Å². The van der Waals surface area contributed by atoms with E-state index in [4.69, 9.17) is 47.4 Å². The standard InChI is InChI=1S/C42H65NO12/c1-2-3-4-5-6-7-10-37-13-15-38(16-14-37)55-36-35-54-34-33-53-32-31-52-30-29-51-28-27-50-26-25-49-24-23-48-22-21-47-20-19-46-18-17-43-41(44)39-11-8-9-12-40(39)42(43)45/h8-9,11-16H,2-7,10,17-36H2,1H3. The van der Waals surface area contributed by atoms with Crippen molar-refractivity contribution in [1.82, 2.24) is 4.90 Å². The van der Waals surface area contributed by atoms with E-state index in [1.165, 1.54) is 49.0 Å². The van der Waals surface area contributed by atoms with Crippen molar-refractivity contribution in [1.29, 1.82) is 0 Å². The lowest BCUT2D eigenvalue weighted by Gasteiger charge is -2.13. The topological polar surface area (TPSA) is 130 Å². The lowest BCUT2D eigenvalue weighted by Crippen LogP contribution is -2.33. The fraction of sp³-hybridized carbons (Fsp3) is 0.667. The van der Waals surface area contributed by atoms with Gasteiger partial charge in [-0.05, 0) is 42.7 Å². The van der Waals surface area contributed by atoms with Crippen LogP contribution in [0.2, 0.25) is 0 Å². The molecule has 1 heterocycles. The predicted molar refractivity (Wildman–Crippen MR) is 208 cm³/mol. The second-order valence-corrected chi connectivity index (χ2v) is 12.8. The Hall–Kier alpha value is -2.98. The highest BCUT2D eigenvalue weighted by Gasteiger charge is 2.34. The van der Waals surface area contributed by atoms with E-state index < -0.39 is 0 Å². The molecule has 0 radical (unpaired) electrons. The molecule has 3 rings (SSSR count). The average Bonchev–Trinajstić information content (AvgIpc) is 3.45. The Morgan fingerprint density at radius 1 is 0.418 bits per heavy atom. The molecule has 0 fully saturated rings. The van der Waals surface area contributed by atoms with E-state index in [1.807, 2.05) is 12.1 Å². The van der Waals surface area contributed by atoms with E-state index in [0.717, 1.165) is 12.2 Å². The summed E-state index contributed by atoms with van der Waals surface area (Å²) in [4.78, 5) is 25.9.